The van der Waals surface area contributed by atoms with Gasteiger partial charge in [-0.1, -0.05) is 13.8 Å². The fraction of sp³-hybridized carbons (Fsp3) is 0.714. The molecule has 1 aromatic rings. The smallest absolute Gasteiger partial charge is 0.239 e. The van der Waals surface area contributed by atoms with Crippen LogP contribution < -0.4 is 11.1 Å². The first kappa shape index (κ1) is 15.0. The molecule has 0 spiro atoms. The largest absolute Gasteiger partial charge is 0.381 e. The first-order valence-electron chi connectivity index (χ1n) is 7.18. The Morgan fingerprint density at radius 1 is 1.65 bits per heavy atom. The maximum Gasteiger partial charge on any atom is 0.239 e. The van der Waals surface area contributed by atoms with Crippen LogP contribution in [0.3, 0.4) is 0 Å². The minimum absolute atomic E-state index is 0.00665. The van der Waals surface area contributed by atoms with Crippen LogP contribution in [0, 0.1) is 11.8 Å². The van der Waals surface area contributed by atoms with Crippen LogP contribution in [0.5, 0.6) is 0 Å². The highest BCUT2D eigenvalue weighted by Crippen LogP contribution is 2.26. The summed E-state index contributed by atoms with van der Waals surface area (Å²) < 4.78 is 7.21. The summed E-state index contributed by atoms with van der Waals surface area (Å²) in [7, 11) is 0. The van der Waals surface area contributed by atoms with Gasteiger partial charge in [0.15, 0.2) is 0 Å². The molecule has 0 aliphatic carbocycles. The Labute approximate surface area is 119 Å². The number of amides is 1. The number of nitrogens with zero attached hydrogens (tertiary/aromatic N) is 2. The average Bonchev–Trinajstić information content (AvgIpc) is 3.06. The van der Waals surface area contributed by atoms with Crippen LogP contribution in [-0.4, -0.2) is 35.2 Å². The molecule has 1 aliphatic heterocycles. The van der Waals surface area contributed by atoms with Crippen molar-refractivity contribution in [2.45, 2.75) is 32.9 Å². The summed E-state index contributed by atoms with van der Waals surface area (Å²) in [6.07, 6.45) is 4.38. The number of carbonyl (C=O) groups is 1. The van der Waals surface area contributed by atoms with Crippen LogP contribution in [0.4, 0.5) is 0 Å². The highest BCUT2D eigenvalue weighted by molar-refractivity contribution is 5.75. The molecule has 0 bridgehead atoms. The predicted molar refractivity (Wildman–Crippen MR) is 75.9 cm³/mol. The monoisotopic (exact) mass is 280 g/mol. The van der Waals surface area contributed by atoms with Crippen molar-refractivity contribution >= 4 is 5.91 Å². The summed E-state index contributed by atoms with van der Waals surface area (Å²) in [4.78, 5) is 16.0. The van der Waals surface area contributed by atoms with Gasteiger partial charge in [-0.15, -0.1) is 0 Å². The summed E-state index contributed by atoms with van der Waals surface area (Å²) in [6, 6.07) is -0.127. The van der Waals surface area contributed by atoms with Crippen molar-refractivity contribution in [1.29, 1.82) is 0 Å². The van der Waals surface area contributed by atoms with Crippen molar-refractivity contribution in [3.05, 3.63) is 18.2 Å². The third kappa shape index (κ3) is 3.80. The molecule has 112 valence electrons. The molecule has 1 saturated heterocycles. The molecule has 2 atom stereocenters. The number of aromatic nitrogens is 2. The van der Waals surface area contributed by atoms with Gasteiger partial charge in [0, 0.05) is 25.3 Å². The van der Waals surface area contributed by atoms with Crippen molar-refractivity contribution < 1.29 is 9.53 Å². The molecule has 3 N–H and O–H groups in total. The van der Waals surface area contributed by atoms with E-state index in [9.17, 15) is 4.79 Å². The van der Waals surface area contributed by atoms with Gasteiger partial charge in [0.25, 0.3) is 0 Å². The molecule has 0 aromatic carbocycles. The molecule has 2 rings (SSSR count). The SMILES string of the molecule is CC(C)CNC(=O)Cn1cncc1C(N)C1CCOC1. The van der Waals surface area contributed by atoms with Crippen LogP contribution in [0.2, 0.25) is 0 Å². The minimum Gasteiger partial charge on any atom is -0.381 e. The topological polar surface area (TPSA) is 82.2 Å². The van der Waals surface area contributed by atoms with Crippen molar-refractivity contribution in [3.8, 4) is 0 Å². The van der Waals surface area contributed by atoms with E-state index in [1.54, 1.807) is 12.5 Å². The normalized spacial score (nSPS) is 20.3. The third-order valence-electron chi connectivity index (χ3n) is 3.58. The lowest BCUT2D eigenvalue weighted by Crippen LogP contribution is -2.32. The maximum absolute atomic E-state index is 11.9. The summed E-state index contributed by atoms with van der Waals surface area (Å²) >= 11 is 0. The number of hydrogen-bond donors (Lipinski definition) is 2. The fourth-order valence-corrected chi connectivity index (χ4v) is 2.35. The summed E-state index contributed by atoms with van der Waals surface area (Å²) in [5.74, 6) is 0.746. The first-order chi connectivity index (χ1) is 9.58. The molecular weight excluding hydrogens is 256 g/mol. The van der Waals surface area contributed by atoms with E-state index in [2.05, 4.69) is 24.1 Å². The molecule has 1 aliphatic rings. The number of ether oxygens (including phenoxy) is 1. The van der Waals surface area contributed by atoms with Crippen LogP contribution in [0.15, 0.2) is 12.5 Å². The Bertz CT molecular complexity index is 438. The average molecular weight is 280 g/mol. The molecule has 1 fully saturated rings. The van der Waals surface area contributed by atoms with E-state index >= 15 is 0 Å². The lowest BCUT2D eigenvalue weighted by atomic mass is 9.97. The van der Waals surface area contributed by atoms with Crippen molar-refractivity contribution in [2.75, 3.05) is 19.8 Å². The third-order valence-corrected chi connectivity index (χ3v) is 3.58. The van der Waals surface area contributed by atoms with E-state index in [1.807, 2.05) is 4.57 Å². The Balaban J connectivity index is 1.95. The van der Waals surface area contributed by atoms with Crippen molar-refractivity contribution in [2.24, 2.45) is 17.6 Å². The summed E-state index contributed by atoms with van der Waals surface area (Å²) in [5, 5.41) is 2.90. The number of hydrogen-bond acceptors (Lipinski definition) is 4. The number of carbonyl (C=O) groups excluding carboxylic acids is 1. The van der Waals surface area contributed by atoms with E-state index in [4.69, 9.17) is 10.5 Å². The van der Waals surface area contributed by atoms with E-state index in [0.717, 1.165) is 18.7 Å². The van der Waals surface area contributed by atoms with Gasteiger partial charge < -0.3 is 20.4 Å². The lowest BCUT2D eigenvalue weighted by Gasteiger charge is -2.19. The zero-order valence-corrected chi connectivity index (χ0v) is 12.2. The van der Waals surface area contributed by atoms with Crippen LogP contribution in [0.1, 0.15) is 32.0 Å². The van der Waals surface area contributed by atoms with E-state index in [-0.39, 0.29) is 18.5 Å². The second-order valence-electron chi connectivity index (χ2n) is 5.79. The van der Waals surface area contributed by atoms with Gasteiger partial charge in [-0.2, -0.15) is 0 Å². The molecule has 6 heteroatoms. The summed E-state index contributed by atoms with van der Waals surface area (Å²) in [6.45, 7) is 6.54. The second kappa shape index (κ2) is 6.85. The van der Waals surface area contributed by atoms with Gasteiger partial charge in [-0.25, -0.2) is 4.98 Å². The number of nitrogens with one attached hydrogen (secondary N) is 1. The molecule has 2 heterocycles. The van der Waals surface area contributed by atoms with Gasteiger partial charge in [0.2, 0.25) is 5.91 Å². The standard InChI is InChI=1S/C14H24N4O2/c1-10(2)5-17-13(19)7-18-9-16-6-12(18)14(15)11-3-4-20-8-11/h6,9-11,14H,3-5,7-8,15H2,1-2H3,(H,17,19). The molecule has 2 unspecified atom stereocenters. The van der Waals surface area contributed by atoms with Crippen molar-refractivity contribution in [3.63, 3.8) is 0 Å². The van der Waals surface area contributed by atoms with Crippen LogP contribution >= 0.6 is 0 Å². The molecule has 6 nitrogen and oxygen atoms in total. The van der Waals surface area contributed by atoms with Gasteiger partial charge >= 0.3 is 0 Å². The Morgan fingerprint density at radius 2 is 2.45 bits per heavy atom. The predicted octanol–water partition coefficient (Wildman–Crippen LogP) is 0.692. The second-order valence-corrected chi connectivity index (χ2v) is 5.79. The maximum atomic E-state index is 11.9. The zero-order chi connectivity index (χ0) is 14.5. The zero-order valence-electron chi connectivity index (χ0n) is 12.2. The lowest BCUT2D eigenvalue weighted by molar-refractivity contribution is -0.121. The van der Waals surface area contributed by atoms with Crippen LogP contribution in [-0.2, 0) is 16.1 Å². The van der Waals surface area contributed by atoms with Gasteiger partial charge in [-0.3, -0.25) is 4.79 Å². The Hall–Kier alpha value is -1.40. The molecule has 20 heavy (non-hydrogen) atoms. The van der Waals surface area contributed by atoms with Gasteiger partial charge in [0.1, 0.15) is 6.54 Å². The van der Waals surface area contributed by atoms with E-state index in [1.165, 1.54) is 0 Å². The number of nitrogens with two attached hydrogens (primary N) is 1. The van der Waals surface area contributed by atoms with Gasteiger partial charge in [0.05, 0.1) is 24.7 Å². The molecular formula is C14H24N4O2. The van der Waals surface area contributed by atoms with E-state index < -0.39 is 0 Å². The van der Waals surface area contributed by atoms with Gasteiger partial charge in [-0.05, 0) is 12.3 Å². The number of rotatable bonds is 6. The molecule has 1 aromatic heterocycles. The fourth-order valence-electron chi connectivity index (χ4n) is 2.35. The Morgan fingerprint density at radius 3 is 3.10 bits per heavy atom. The molecule has 0 saturated carbocycles. The molecule has 1 amide bonds. The first-order valence-corrected chi connectivity index (χ1v) is 7.18. The van der Waals surface area contributed by atoms with Crippen LogP contribution in [0.25, 0.3) is 0 Å². The highest BCUT2D eigenvalue weighted by atomic mass is 16.5. The van der Waals surface area contributed by atoms with Crippen molar-refractivity contribution in [1.82, 2.24) is 14.9 Å². The molecule has 0 radical (unpaired) electrons. The Kier molecular flexibility index (Phi) is 5.14. The quantitative estimate of drug-likeness (QED) is 0.803. The summed E-state index contributed by atoms with van der Waals surface area (Å²) in [5.41, 5.74) is 7.17. The minimum atomic E-state index is -0.127. The highest BCUT2D eigenvalue weighted by Gasteiger charge is 2.26. The number of imidazole rings is 1. The van der Waals surface area contributed by atoms with E-state index in [0.29, 0.717) is 25.0 Å².